The Morgan fingerprint density at radius 2 is 1.88 bits per heavy atom. The third-order valence-electron chi connectivity index (χ3n) is 3.27. The van der Waals surface area contributed by atoms with Crippen molar-refractivity contribution in [2.24, 2.45) is 0 Å². The largest absolute Gasteiger partial charge is 0.374 e. The average molecular weight is 301 g/mol. The van der Waals surface area contributed by atoms with Gasteiger partial charge in [-0.2, -0.15) is 0 Å². The van der Waals surface area contributed by atoms with Gasteiger partial charge in [0.2, 0.25) is 0 Å². The molecule has 0 saturated heterocycles. The molecule has 17 heavy (non-hydrogen) atoms. The van der Waals surface area contributed by atoms with Crippen molar-refractivity contribution in [1.82, 2.24) is 0 Å². The van der Waals surface area contributed by atoms with Gasteiger partial charge in [-0.15, -0.1) is 0 Å². The molecule has 0 aliphatic heterocycles. The lowest BCUT2D eigenvalue weighted by Crippen LogP contribution is -2.11. The first-order valence-electron chi connectivity index (χ1n) is 6.31. The molecular formula is C14H18BrFO. The summed E-state index contributed by atoms with van der Waals surface area (Å²) < 4.78 is 19.5. The highest BCUT2D eigenvalue weighted by Gasteiger charge is 2.12. The summed E-state index contributed by atoms with van der Waals surface area (Å²) in [5, 5.41) is 0. The van der Waals surface area contributed by atoms with Crippen LogP contribution in [0.1, 0.15) is 44.1 Å². The molecule has 0 heterocycles. The Kier molecular flexibility index (Phi) is 4.99. The molecule has 2 rings (SSSR count). The molecular weight excluding hydrogens is 283 g/mol. The van der Waals surface area contributed by atoms with Gasteiger partial charge in [-0.05, 0) is 46.5 Å². The van der Waals surface area contributed by atoms with E-state index in [0.717, 1.165) is 5.56 Å². The Morgan fingerprint density at radius 3 is 2.53 bits per heavy atom. The summed E-state index contributed by atoms with van der Waals surface area (Å²) in [4.78, 5) is 0. The third kappa shape index (κ3) is 4.07. The molecule has 1 nitrogen and oxygen atoms in total. The summed E-state index contributed by atoms with van der Waals surface area (Å²) in [6.45, 7) is 0.587. The second kappa shape index (κ2) is 6.50. The van der Waals surface area contributed by atoms with Gasteiger partial charge in [-0.25, -0.2) is 4.39 Å². The first-order valence-corrected chi connectivity index (χ1v) is 7.10. The molecule has 0 N–H and O–H groups in total. The normalized spacial score (nSPS) is 18.0. The van der Waals surface area contributed by atoms with E-state index in [1.54, 1.807) is 12.1 Å². The van der Waals surface area contributed by atoms with E-state index in [9.17, 15) is 4.39 Å². The molecule has 1 aromatic rings. The van der Waals surface area contributed by atoms with Crippen LogP contribution in [0.15, 0.2) is 22.7 Å². The molecule has 0 aromatic heterocycles. The molecule has 0 unspecified atom stereocenters. The zero-order valence-electron chi connectivity index (χ0n) is 9.92. The van der Waals surface area contributed by atoms with Crippen molar-refractivity contribution in [2.45, 2.75) is 51.2 Å². The van der Waals surface area contributed by atoms with Gasteiger partial charge in [0, 0.05) is 0 Å². The molecule has 1 fully saturated rings. The lowest BCUT2D eigenvalue weighted by Gasteiger charge is -2.15. The molecule has 3 heteroatoms. The summed E-state index contributed by atoms with van der Waals surface area (Å²) in [7, 11) is 0. The number of ether oxygens (including phenoxy) is 1. The number of halogens is 2. The van der Waals surface area contributed by atoms with Crippen molar-refractivity contribution in [2.75, 3.05) is 0 Å². The monoisotopic (exact) mass is 300 g/mol. The molecule has 1 aromatic carbocycles. The maximum Gasteiger partial charge on any atom is 0.137 e. The highest BCUT2D eigenvalue weighted by Crippen LogP contribution is 2.22. The summed E-state index contributed by atoms with van der Waals surface area (Å²) in [5.41, 5.74) is 1.03. The predicted molar refractivity (Wildman–Crippen MR) is 70.4 cm³/mol. The van der Waals surface area contributed by atoms with Gasteiger partial charge < -0.3 is 4.74 Å². The van der Waals surface area contributed by atoms with Crippen LogP contribution in [-0.2, 0) is 11.3 Å². The van der Waals surface area contributed by atoms with Crippen LogP contribution in [-0.4, -0.2) is 6.10 Å². The Balaban J connectivity index is 1.85. The minimum absolute atomic E-state index is 0.219. The SMILES string of the molecule is Fc1ccc(COC2CCCCCC2)cc1Br. The maximum absolute atomic E-state index is 13.1. The molecule has 0 bridgehead atoms. The van der Waals surface area contributed by atoms with Crippen LogP contribution in [0.4, 0.5) is 4.39 Å². The molecule has 1 saturated carbocycles. The number of rotatable bonds is 3. The second-order valence-corrected chi connectivity index (χ2v) is 5.53. The van der Waals surface area contributed by atoms with Crippen LogP contribution >= 0.6 is 15.9 Å². The summed E-state index contributed by atoms with van der Waals surface area (Å²) in [5.74, 6) is -0.219. The van der Waals surface area contributed by atoms with E-state index in [2.05, 4.69) is 15.9 Å². The van der Waals surface area contributed by atoms with Crippen molar-refractivity contribution < 1.29 is 9.13 Å². The molecule has 0 atom stereocenters. The van der Waals surface area contributed by atoms with E-state index in [1.165, 1.54) is 44.6 Å². The number of benzene rings is 1. The first-order chi connectivity index (χ1) is 8.25. The van der Waals surface area contributed by atoms with Crippen LogP contribution in [0.2, 0.25) is 0 Å². The minimum atomic E-state index is -0.219. The topological polar surface area (TPSA) is 9.23 Å². The fourth-order valence-electron chi connectivity index (χ4n) is 2.25. The molecule has 94 valence electrons. The van der Waals surface area contributed by atoms with E-state index in [-0.39, 0.29) is 5.82 Å². The van der Waals surface area contributed by atoms with Crippen molar-refractivity contribution in [3.05, 3.63) is 34.1 Å². The number of hydrogen-bond acceptors (Lipinski definition) is 1. The van der Waals surface area contributed by atoms with Gasteiger partial charge in [-0.3, -0.25) is 0 Å². The van der Waals surface area contributed by atoms with Crippen molar-refractivity contribution in [3.8, 4) is 0 Å². The number of hydrogen-bond donors (Lipinski definition) is 0. The Labute approximate surface area is 110 Å². The van der Waals surface area contributed by atoms with Crippen molar-refractivity contribution in [1.29, 1.82) is 0 Å². The molecule has 0 amide bonds. The highest BCUT2D eigenvalue weighted by atomic mass is 79.9. The lowest BCUT2D eigenvalue weighted by atomic mass is 10.1. The van der Waals surface area contributed by atoms with Crippen LogP contribution in [0, 0.1) is 5.82 Å². The zero-order chi connectivity index (χ0) is 12.1. The summed E-state index contributed by atoms with van der Waals surface area (Å²) in [6.07, 6.45) is 7.95. The van der Waals surface area contributed by atoms with Crippen LogP contribution in [0.25, 0.3) is 0 Å². The molecule has 1 aliphatic carbocycles. The van der Waals surface area contributed by atoms with Gasteiger partial charge in [-0.1, -0.05) is 31.7 Å². The van der Waals surface area contributed by atoms with Crippen molar-refractivity contribution >= 4 is 15.9 Å². The van der Waals surface area contributed by atoms with Crippen LogP contribution < -0.4 is 0 Å². The molecule has 1 aliphatic rings. The van der Waals surface area contributed by atoms with Crippen molar-refractivity contribution in [3.63, 3.8) is 0 Å². The smallest absolute Gasteiger partial charge is 0.137 e. The highest BCUT2D eigenvalue weighted by molar-refractivity contribution is 9.10. The standard InChI is InChI=1S/C14H18BrFO/c15-13-9-11(7-8-14(13)16)10-17-12-5-3-1-2-4-6-12/h7-9,12H,1-6,10H2. The van der Waals surface area contributed by atoms with E-state index < -0.39 is 0 Å². The van der Waals surface area contributed by atoms with E-state index in [1.807, 2.05) is 0 Å². The van der Waals surface area contributed by atoms with E-state index in [0.29, 0.717) is 17.2 Å². The van der Waals surface area contributed by atoms with Gasteiger partial charge in [0.15, 0.2) is 0 Å². The Hall–Kier alpha value is -0.410. The van der Waals surface area contributed by atoms with Crippen LogP contribution in [0.3, 0.4) is 0 Å². The van der Waals surface area contributed by atoms with Gasteiger partial charge in [0.1, 0.15) is 5.82 Å². The maximum atomic E-state index is 13.1. The average Bonchev–Trinajstić information content (AvgIpc) is 2.59. The minimum Gasteiger partial charge on any atom is -0.374 e. The zero-order valence-corrected chi connectivity index (χ0v) is 11.5. The fourth-order valence-corrected chi connectivity index (χ4v) is 2.68. The fraction of sp³-hybridized carbons (Fsp3) is 0.571. The Morgan fingerprint density at radius 1 is 1.18 bits per heavy atom. The van der Waals surface area contributed by atoms with Crippen LogP contribution in [0.5, 0.6) is 0 Å². The third-order valence-corrected chi connectivity index (χ3v) is 3.88. The van der Waals surface area contributed by atoms with Gasteiger partial charge in [0.05, 0.1) is 17.2 Å². The second-order valence-electron chi connectivity index (χ2n) is 4.67. The predicted octanol–water partition coefficient (Wildman–Crippen LogP) is 4.83. The summed E-state index contributed by atoms with van der Waals surface area (Å²) >= 11 is 3.19. The first kappa shape index (κ1) is 13.0. The Bertz CT molecular complexity index is 359. The van der Waals surface area contributed by atoms with E-state index >= 15 is 0 Å². The van der Waals surface area contributed by atoms with Gasteiger partial charge >= 0.3 is 0 Å². The quantitative estimate of drug-likeness (QED) is 0.727. The van der Waals surface area contributed by atoms with Gasteiger partial charge in [0.25, 0.3) is 0 Å². The lowest BCUT2D eigenvalue weighted by molar-refractivity contribution is 0.0309. The molecule has 0 radical (unpaired) electrons. The molecule has 0 spiro atoms. The van der Waals surface area contributed by atoms with E-state index in [4.69, 9.17) is 4.74 Å². The summed E-state index contributed by atoms with van der Waals surface area (Å²) in [6, 6.07) is 5.07.